The van der Waals surface area contributed by atoms with Crippen molar-refractivity contribution in [2.75, 3.05) is 25.4 Å². The van der Waals surface area contributed by atoms with Gasteiger partial charge in [0.1, 0.15) is 11.6 Å². The summed E-state index contributed by atoms with van der Waals surface area (Å²) in [5.74, 6) is 2.30. The lowest BCUT2D eigenvalue weighted by atomic mass is 10.3. The van der Waals surface area contributed by atoms with Gasteiger partial charge in [-0.25, -0.2) is 4.39 Å². The van der Waals surface area contributed by atoms with Crippen LogP contribution < -0.4 is 4.74 Å². The zero-order valence-electron chi connectivity index (χ0n) is 16.3. The Morgan fingerprint density at radius 1 is 0.966 bits per heavy atom. The molecule has 0 saturated carbocycles. The van der Waals surface area contributed by atoms with Crippen molar-refractivity contribution in [3.8, 4) is 11.4 Å². The van der Waals surface area contributed by atoms with Gasteiger partial charge < -0.3 is 4.74 Å². The largest absolute Gasteiger partial charge is 0.494 e. The molecule has 0 N–H and O–H groups in total. The van der Waals surface area contributed by atoms with Crippen LogP contribution in [0.1, 0.15) is 25.1 Å². The van der Waals surface area contributed by atoms with Crippen LogP contribution in [-0.2, 0) is 6.54 Å². The van der Waals surface area contributed by atoms with Gasteiger partial charge in [-0.2, -0.15) is 0 Å². The molecule has 7 heteroatoms. The second-order valence-corrected chi connectivity index (χ2v) is 8.12. The zero-order chi connectivity index (χ0) is 19.9. The van der Waals surface area contributed by atoms with Gasteiger partial charge in [-0.15, -0.1) is 10.2 Å². The van der Waals surface area contributed by atoms with Gasteiger partial charge in [0.15, 0.2) is 11.0 Å². The SMILES string of the molecule is Fc1ccc(OCCCSc2nnc(CN3CCCC3)n2-c2ccccc2)cc1. The lowest BCUT2D eigenvalue weighted by molar-refractivity contribution is 0.318. The van der Waals surface area contributed by atoms with Gasteiger partial charge in [-0.05, 0) is 68.8 Å². The number of hydrogen-bond acceptors (Lipinski definition) is 5. The molecule has 0 amide bonds. The van der Waals surface area contributed by atoms with Crippen molar-refractivity contribution in [1.82, 2.24) is 19.7 Å². The summed E-state index contributed by atoms with van der Waals surface area (Å²) in [7, 11) is 0. The number of halogens is 1. The molecule has 4 rings (SSSR count). The first-order valence-corrected chi connectivity index (χ1v) is 11.0. The van der Waals surface area contributed by atoms with Crippen LogP contribution in [0.15, 0.2) is 59.8 Å². The summed E-state index contributed by atoms with van der Waals surface area (Å²) in [6, 6.07) is 16.4. The first kappa shape index (κ1) is 19.9. The maximum absolute atomic E-state index is 12.9. The standard InChI is InChI=1S/C22H25FN4OS/c23-18-9-11-20(12-10-18)28-15-6-16-29-22-25-24-21(17-26-13-4-5-14-26)27(22)19-7-2-1-3-8-19/h1-3,7-12H,4-6,13-17H2. The van der Waals surface area contributed by atoms with Crippen LogP contribution in [0.3, 0.4) is 0 Å². The van der Waals surface area contributed by atoms with E-state index in [9.17, 15) is 4.39 Å². The van der Waals surface area contributed by atoms with Gasteiger partial charge in [-0.1, -0.05) is 30.0 Å². The minimum Gasteiger partial charge on any atom is -0.494 e. The lowest BCUT2D eigenvalue weighted by Crippen LogP contribution is -2.21. The van der Waals surface area contributed by atoms with Crippen LogP contribution in [0.25, 0.3) is 5.69 Å². The minimum atomic E-state index is -0.252. The number of nitrogens with zero attached hydrogens (tertiary/aromatic N) is 4. The highest BCUT2D eigenvalue weighted by molar-refractivity contribution is 7.99. The molecular weight excluding hydrogens is 387 g/mol. The second kappa shape index (κ2) is 9.89. The first-order valence-electron chi connectivity index (χ1n) is 10.0. The molecule has 1 aliphatic rings. The van der Waals surface area contributed by atoms with Gasteiger partial charge in [0.25, 0.3) is 0 Å². The van der Waals surface area contributed by atoms with E-state index in [0.29, 0.717) is 12.4 Å². The molecule has 2 heterocycles. The molecule has 152 valence electrons. The van der Waals surface area contributed by atoms with Crippen molar-refractivity contribution in [3.05, 3.63) is 66.2 Å². The molecule has 1 saturated heterocycles. The van der Waals surface area contributed by atoms with E-state index in [-0.39, 0.29) is 5.82 Å². The number of aromatic nitrogens is 3. The monoisotopic (exact) mass is 412 g/mol. The summed E-state index contributed by atoms with van der Waals surface area (Å²) in [6.07, 6.45) is 3.38. The molecule has 29 heavy (non-hydrogen) atoms. The average Bonchev–Trinajstić information content (AvgIpc) is 3.40. The van der Waals surface area contributed by atoms with Crippen LogP contribution in [-0.4, -0.2) is 45.1 Å². The molecule has 0 radical (unpaired) electrons. The lowest BCUT2D eigenvalue weighted by Gasteiger charge is -2.16. The Morgan fingerprint density at radius 3 is 2.48 bits per heavy atom. The normalized spacial score (nSPS) is 14.4. The Morgan fingerprint density at radius 2 is 1.72 bits per heavy atom. The number of thioether (sulfide) groups is 1. The minimum absolute atomic E-state index is 0.252. The molecule has 5 nitrogen and oxygen atoms in total. The van der Waals surface area contributed by atoms with E-state index in [1.807, 2.05) is 18.2 Å². The Labute approximate surface area is 174 Å². The average molecular weight is 413 g/mol. The van der Waals surface area contributed by atoms with E-state index >= 15 is 0 Å². The molecule has 3 aromatic rings. The first-order chi connectivity index (χ1) is 14.3. The van der Waals surface area contributed by atoms with Crippen molar-refractivity contribution in [1.29, 1.82) is 0 Å². The van der Waals surface area contributed by atoms with E-state index in [1.165, 1.54) is 25.0 Å². The molecule has 2 aromatic carbocycles. The third-order valence-electron chi connectivity index (χ3n) is 4.88. The Bertz CT molecular complexity index is 895. The summed E-state index contributed by atoms with van der Waals surface area (Å²) in [5.41, 5.74) is 1.09. The topological polar surface area (TPSA) is 43.2 Å². The quantitative estimate of drug-likeness (QED) is 0.381. The maximum atomic E-state index is 12.9. The molecule has 0 unspecified atom stereocenters. The van der Waals surface area contributed by atoms with Crippen LogP contribution in [0.2, 0.25) is 0 Å². The van der Waals surface area contributed by atoms with Crippen molar-refractivity contribution in [2.24, 2.45) is 0 Å². The predicted molar refractivity (Wildman–Crippen MR) is 113 cm³/mol. The fourth-order valence-corrected chi connectivity index (χ4v) is 4.30. The Hall–Kier alpha value is -2.38. The Balaban J connectivity index is 1.37. The van der Waals surface area contributed by atoms with E-state index in [2.05, 4.69) is 31.8 Å². The number of para-hydroxylation sites is 1. The fourth-order valence-electron chi connectivity index (χ4n) is 3.42. The van der Waals surface area contributed by atoms with Crippen molar-refractivity contribution in [3.63, 3.8) is 0 Å². The van der Waals surface area contributed by atoms with E-state index in [1.54, 1.807) is 23.9 Å². The number of rotatable bonds is 9. The summed E-state index contributed by atoms with van der Waals surface area (Å²) in [5, 5.41) is 9.87. The predicted octanol–water partition coefficient (Wildman–Crippen LogP) is 4.56. The van der Waals surface area contributed by atoms with Crippen LogP contribution in [0.4, 0.5) is 4.39 Å². The fraction of sp³-hybridized carbons (Fsp3) is 0.364. The molecule has 0 aliphatic carbocycles. The number of likely N-dealkylation sites (tertiary alicyclic amines) is 1. The smallest absolute Gasteiger partial charge is 0.195 e. The van der Waals surface area contributed by atoms with Crippen LogP contribution in [0, 0.1) is 5.82 Å². The summed E-state index contributed by atoms with van der Waals surface area (Å²) in [4.78, 5) is 2.44. The molecule has 1 fully saturated rings. The van der Waals surface area contributed by atoms with E-state index in [0.717, 1.165) is 48.5 Å². The molecular formula is C22H25FN4OS. The second-order valence-electron chi connectivity index (χ2n) is 7.06. The zero-order valence-corrected chi connectivity index (χ0v) is 17.2. The maximum Gasteiger partial charge on any atom is 0.195 e. The third kappa shape index (κ3) is 5.36. The van der Waals surface area contributed by atoms with E-state index < -0.39 is 0 Å². The number of benzene rings is 2. The van der Waals surface area contributed by atoms with Crippen molar-refractivity contribution in [2.45, 2.75) is 31.0 Å². The molecule has 0 atom stereocenters. The van der Waals surface area contributed by atoms with Gasteiger partial charge in [0, 0.05) is 11.4 Å². The van der Waals surface area contributed by atoms with Gasteiger partial charge >= 0.3 is 0 Å². The Kier molecular flexibility index (Phi) is 6.79. The van der Waals surface area contributed by atoms with Gasteiger partial charge in [-0.3, -0.25) is 9.47 Å². The third-order valence-corrected chi connectivity index (χ3v) is 5.90. The highest BCUT2D eigenvalue weighted by Crippen LogP contribution is 2.24. The summed E-state index contributed by atoms with van der Waals surface area (Å²) >= 11 is 1.69. The summed E-state index contributed by atoms with van der Waals surface area (Å²) in [6.45, 7) is 3.67. The van der Waals surface area contributed by atoms with Crippen molar-refractivity contribution < 1.29 is 9.13 Å². The molecule has 0 spiro atoms. The number of hydrogen-bond donors (Lipinski definition) is 0. The van der Waals surface area contributed by atoms with Crippen LogP contribution >= 0.6 is 11.8 Å². The summed E-state index contributed by atoms with van der Waals surface area (Å²) < 4.78 is 20.8. The highest BCUT2D eigenvalue weighted by Gasteiger charge is 2.19. The molecule has 1 aliphatic heterocycles. The van der Waals surface area contributed by atoms with Gasteiger partial charge in [0.05, 0.1) is 13.2 Å². The van der Waals surface area contributed by atoms with Crippen molar-refractivity contribution >= 4 is 11.8 Å². The van der Waals surface area contributed by atoms with Crippen LogP contribution in [0.5, 0.6) is 5.75 Å². The molecule has 0 bridgehead atoms. The van der Waals surface area contributed by atoms with Gasteiger partial charge in [0.2, 0.25) is 0 Å². The molecule has 1 aromatic heterocycles. The highest BCUT2D eigenvalue weighted by atomic mass is 32.2. The van der Waals surface area contributed by atoms with E-state index in [4.69, 9.17) is 4.74 Å². The number of ether oxygens (including phenoxy) is 1.